The van der Waals surface area contributed by atoms with Gasteiger partial charge >= 0.3 is 11.6 Å². The van der Waals surface area contributed by atoms with Crippen molar-refractivity contribution in [1.29, 1.82) is 0 Å². The van der Waals surface area contributed by atoms with E-state index in [0.717, 1.165) is 22.1 Å². The lowest BCUT2D eigenvalue weighted by Gasteiger charge is -2.07. The van der Waals surface area contributed by atoms with Gasteiger partial charge in [-0.2, -0.15) is 0 Å². The highest BCUT2D eigenvalue weighted by Crippen LogP contribution is 2.21. The Labute approximate surface area is 166 Å². The van der Waals surface area contributed by atoms with Gasteiger partial charge in [0.15, 0.2) is 0 Å². The van der Waals surface area contributed by atoms with E-state index in [1.807, 2.05) is 19.1 Å². The SMILES string of the molecule is Cc1ccc2c(COC(=O)c3ccc(CCNS(C)(=O)=O)s3)cc(=O)oc2c1. The molecule has 7 nitrogen and oxygen atoms in total. The molecule has 0 saturated carbocycles. The molecule has 9 heteroatoms. The number of hydrogen-bond donors (Lipinski definition) is 1. The van der Waals surface area contributed by atoms with Crippen LogP contribution in [0.15, 0.2) is 45.6 Å². The summed E-state index contributed by atoms with van der Waals surface area (Å²) in [7, 11) is -3.24. The van der Waals surface area contributed by atoms with Crippen LogP contribution < -0.4 is 10.3 Å². The highest BCUT2D eigenvalue weighted by molar-refractivity contribution is 7.88. The summed E-state index contributed by atoms with van der Waals surface area (Å²) in [5, 5.41) is 0.719. The Morgan fingerprint density at radius 2 is 2.00 bits per heavy atom. The molecule has 1 N–H and O–H groups in total. The molecular formula is C19H19NO6S2. The number of thiophene rings is 1. The topological polar surface area (TPSA) is 103 Å². The first-order valence-electron chi connectivity index (χ1n) is 8.45. The number of esters is 1. The van der Waals surface area contributed by atoms with Crippen LogP contribution in [0.2, 0.25) is 0 Å². The number of ether oxygens (including phenoxy) is 1. The highest BCUT2D eigenvalue weighted by Gasteiger charge is 2.13. The molecule has 0 radical (unpaired) electrons. The molecule has 0 atom stereocenters. The molecule has 28 heavy (non-hydrogen) atoms. The second-order valence-corrected chi connectivity index (χ2v) is 9.35. The predicted molar refractivity (Wildman–Crippen MR) is 107 cm³/mol. The van der Waals surface area contributed by atoms with Gasteiger partial charge in [-0.05, 0) is 37.1 Å². The second-order valence-electron chi connectivity index (χ2n) is 6.35. The first kappa shape index (κ1) is 20.2. The van der Waals surface area contributed by atoms with Gasteiger partial charge in [0.2, 0.25) is 10.0 Å². The number of hydrogen-bond acceptors (Lipinski definition) is 7. The Kier molecular flexibility index (Phi) is 5.97. The molecule has 0 fully saturated rings. The van der Waals surface area contributed by atoms with Gasteiger partial charge in [-0.25, -0.2) is 22.7 Å². The summed E-state index contributed by atoms with van der Waals surface area (Å²) in [6.45, 7) is 2.11. The number of fused-ring (bicyclic) bond motifs is 1. The number of sulfonamides is 1. The van der Waals surface area contributed by atoms with Crippen LogP contribution in [0, 0.1) is 6.92 Å². The maximum Gasteiger partial charge on any atom is 0.348 e. The summed E-state index contributed by atoms with van der Waals surface area (Å²) in [4.78, 5) is 25.3. The van der Waals surface area contributed by atoms with Crippen molar-refractivity contribution in [1.82, 2.24) is 4.72 Å². The number of nitrogens with one attached hydrogen (secondary N) is 1. The molecule has 1 aromatic carbocycles. The highest BCUT2D eigenvalue weighted by atomic mass is 32.2. The molecule has 0 aliphatic rings. The fraction of sp³-hybridized carbons (Fsp3) is 0.263. The first-order chi connectivity index (χ1) is 13.2. The Morgan fingerprint density at radius 3 is 2.75 bits per heavy atom. The third-order valence-electron chi connectivity index (χ3n) is 3.94. The van der Waals surface area contributed by atoms with Crippen molar-refractivity contribution in [2.24, 2.45) is 0 Å². The van der Waals surface area contributed by atoms with Crippen LogP contribution in [0.25, 0.3) is 11.0 Å². The van der Waals surface area contributed by atoms with E-state index in [1.165, 1.54) is 17.4 Å². The molecule has 0 aliphatic carbocycles. The average Bonchev–Trinajstić information content (AvgIpc) is 3.06. The number of carbonyl (C=O) groups excluding carboxylic acids is 1. The maximum atomic E-state index is 12.3. The summed E-state index contributed by atoms with van der Waals surface area (Å²) in [5.41, 5.74) is 1.49. The zero-order valence-electron chi connectivity index (χ0n) is 15.4. The summed E-state index contributed by atoms with van der Waals surface area (Å²) in [6.07, 6.45) is 1.58. The average molecular weight is 421 g/mol. The molecule has 148 valence electrons. The number of benzene rings is 1. The van der Waals surface area contributed by atoms with E-state index in [-0.39, 0.29) is 13.2 Å². The first-order valence-corrected chi connectivity index (χ1v) is 11.2. The molecule has 0 amide bonds. The van der Waals surface area contributed by atoms with Gasteiger partial charge in [0.25, 0.3) is 0 Å². The molecule has 3 aromatic rings. The molecule has 2 aromatic heterocycles. The van der Waals surface area contributed by atoms with E-state index in [2.05, 4.69) is 4.72 Å². The van der Waals surface area contributed by atoms with E-state index >= 15 is 0 Å². The van der Waals surface area contributed by atoms with Gasteiger partial charge in [-0.3, -0.25) is 0 Å². The van der Waals surface area contributed by atoms with E-state index < -0.39 is 21.6 Å². The van der Waals surface area contributed by atoms with Gasteiger partial charge in [-0.1, -0.05) is 12.1 Å². The van der Waals surface area contributed by atoms with Gasteiger partial charge < -0.3 is 9.15 Å². The third-order valence-corrected chi connectivity index (χ3v) is 5.80. The second kappa shape index (κ2) is 8.26. The van der Waals surface area contributed by atoms with Crippen LogP contribution >= 0.6 is 11.3 Å². The zero-order valence-corrected chi connectivity index (χ0v) is 17.0. The van der Waals surface area contributed by atoms with Crippen molar-refractivity contribution in [2.45, 2.75) is 20.0 Å². The maximum absolute atomic E-state index is 12.3. The molecule has 2 heterocycles. The lowest BCUT2D eigenvalue weighted by atomic mass is 10.1. The largest absolute Gasteiger partial charge is 0.457 e. The smallest absolute Gasteiger partial charge is 0.348 e. The molecule has 0 spiro atoms. The molecule has 0 aliphatic heterocycles. The van der Waals surface area contributed by atoms with E-state index in [1.54, 1.807) is 18.2 Å². The van der Waals surface area contributed by atoms with Gasteiger partial charge in [-0.15, -0.1) is 11.3 Å². The van der Waals surface area contributed by atoms with Crippen molar-refractivity contribution < 1.29 is 22.4 Å². The van der Waals surface area contributed by atoms with Crippen molar-refractivity contribution in [3.8, 4) is 0 Å². The van der Waals surface area contributed by atoms with E-state index in [4.69, 9.17) is 9.15 Å². The summed E-state index contributed by atoms with van der Waals surface area (Å²) in [5.74, 6) is -0.499. The quantitative estimate of drug-likeness (QED) is 0.465. The lowest BCUT2D eigenvalue weighted by Crippen LogP contribution is -2.23. The van der Waals surface area contributed by atoms with Crippen LogP contribution in [-0.2, 0) is 27.8 Å². The standard InChI is InChI=1S/C19H19NO6S2/c1-12-3-5-15-13(10-18(21)26-16(15)9-12)11-25-19(22)17-6-4-14(27-17)7-8-20-28(2,23)24/h3-6,9-10,20H,7-8,11H2,1-2H3. The van der Waals surface area contributed by atoms with Crippen molar-refractivity contribution in [3.63, 3.8) is 0 Å². The molecule has 0 unspecified atom stereocenters. The van der Waals surface area contributed by atoms with Crippen molar-refractivity contribution in [3.05, 3.63) is 67.7 Å². The van der Waals surface area contributed by atoms with Crippen LogP contribution in [0.4, 0.5) is 0 Å². The molecule has 0 saturated heterocycles. The summed E-state index contributed by atoms with van der Waals surface area (Å²) in [6, 6.07) is 10.2. The predicted octanol–water partition coefficient (Wildman–Crippen LogP) is 2.61. The summed E-state index contributed by atoms with van der Waals surface area (Å²) < 4.78 is 35.1. The van der Waals surface area contributed by atoms with Crippen LogP contribution in [0.5, 0.6) is 0 Å². The minimum Gasteiger partial charge on any atom is -0.457 e. The normalized spacial score (nSPS) is 11.6. The minimum atomic E-state index is -3.24. The van der Waals surface area contributed by atoms with Gasteiger partial charge in [0.1, 0.15) is 17.1 Å². The monoisotopic (exact) mass is 421 g/mol. The Hall–Kier alpha value is -2.49. The number of rotatable bonds is 7. The van der Waals surface area contributed by atoms with E-state index in [9.17, 15) is 18.0 Å². The van der Waals surface area contributed by atoms with E-state index in [0.29, 0.717) is 22.4 Å². The minimum absolute atomic E-state index is 0.0487. The molecule has 3 rings (SSSR count). The third kappa shape index (κ3) is 5.28. The van der Waals surface area contributed by atoms with Gasteiger partial charge in [0, 0.05) is 28.4 Å². The Balaban J connectivity index is 1.66. The van der Waals surface area contributed by atoms with Crippen molar-refractivity contribution in [2.75, 3.05) is 12.8 Å². The molecular weight excluding hydrogens is 402 g/mol. The molecule has 0 bridgehead atoms. The fourth-order valence-corrected chi connectivity index (χ4v) is 4.03. The Bertz CT molecular complexity index is 1180. The lowest BCUT2D eigenvalue weighted by molar-refractivity contribution is 0.0479. The van der Waals surface area contributed by atoms with Crippen LogP contribution in [0.1, 0.15) is 25.7 Å². The summed E-state index contributed by atoms with van der Waals surface area (Å²) >= 11 is 1.25. The Morgan fingerprint density at radius 1 is 1.21 bits per heavy atom. The van der Waals surface area contributed by atoms with Crippen molar-refractivity contribution >= 4 is 38.3 Å². The number of carbonyl (C=O) groups is 1. The number of aryl methyl sites for hydroxylation is 1. The fourth-order valence-electron chi connectivity index (χ4n) is 2.65. The zero-order chi connectivity index (χ0) is 20.3. The van der Waals surface area contributed by atoms with Crippen LogP contribution in [0.3, 0.4) is 0 Å². The van der Waals surface area contributed by atoms with Crippen LogP contribution in [-0.4, -0.2) is 27.2 Å². The van der Waals surface area contributed by atoms with Gasteiger partial charge in [0.05, 0.1) is 6.26 Å².